The fourth-order valence-corrected chi connectivity index (χ4v) is 3.61. The minimum atomic E-state index is -0.222. The van der Waals surface area contributed by atoms with Gasteiger partial charge in [0.05, 0.1) is 36.2 Å². The number of hydrogen-bond donors (Lipinski definition) is 2. The molecular weight excluding hydrogens is 434 g/mol. The molecule has 0 saturated carbocycles. The number of rotatable bonds is 8. The van der Waals surface area contributed by atoms with Crippen LogP contribution in [-0.2, 0) is 36.3 Å². The molecule has 176 valence electrons. The number of carbonyl (C=O) groups excluding carboxylic acids is 1. The second-order valence-electron chi connectivity index (χ2n) is 9.21. The molecule has 0 amide bonds. The minimum absolute atomic E-state index is 0.0162. The third kappa shape index (κ3) is 5.30. The number of carbonyl (C=O) groups is 1. The number of hydrogen-bond acceptors (Lipinski definition) is 8. The van der Waals surface area contributed by atoms with Gasteiger partial charge in [-0.3, -0.25) is 4.79 Å². The highest BCUT2D eigenvalue weighted by Crippen LogP contribution is 2.30. The average molecular weight is 462 g/mol. The summed E-state index contributed by atoms with van der Waals surface area (Å²) in [5.41, 5.74) is 3.04. The lowest BCUT2D eigenvalue weighted by Gasteiger charge is -2.12. The third-order valence-electron chi connectivity index (χ3n) is 5.45. The van der Waals surface area contributed by atoms with Crippen LogP contribution in [0.15, 0.2) is 53.3 Å². The molecule has 8 heteroatoms. The monoisotopic (exact) mass is 461 g/mol. The summed E-state index contributed by atoms with van der Waals surface area (Å²) < 4.78 is 11.4. The molecule has 2 heterocycles. The van der Waals surface area contributed by atoms with Crippen molar-refractivity contribution in [1.29, 1.82) is 0 Å². The van der Waals surface area contributed by atoms with E-state index in [9.17, 15) is 15.0 Å². The van der Waals surface area contributed by atoms with Crippen molar-refractivity contribution in [2.75, 3.05) is 0 Å². The summed E-state index contributed by atoms with van der Waals surface area (Å²) in [7, 11) is 0. The van der Waals surface area contributed by atoms with E-state index in [1.165, 1.54) is 6.33 Å². The van der Waals surface area contributed by atoms with Crippen molar-refractivity contribution in [3.63, 3.8) is 0 Å². The van der Waals surface area contributed by atoms with E-state index in [0.29, 0.717) is 39.4 Å². The first kappa shape index (κ1) is 23.5. The Bertz CT molecular complexity index is 1320. The molecule has 0 aliphatic rings. The minimum Gasteiger partial charge on any atom is -0.438 e. The molecule has 0 saturated heterocycles. The van der Waals surface area contributed by atoms with Crippen LogP contribution in [0.2, 0.25) is 0 Å². The topological polar surface area (TPSA) is 119 Å². The summed E-state index contributed by atoms with van der Waals surface area (Å²) >= 11 is 0. The molecule has 0 radical (unpaired) electrons. The Morgan fingerprint density at radius 1 is 1.00 bits per heavy atom. The molecule has 8 nitrogen and oxygen atoms in total. The largest absolute Gasteiger partial charge is 0.438 e. The number of aliphatic hydroxyl groups is 2. The van der Waals surface area contributed by atoms with Crippen molar-refractivity contribution < 1.29 is 24.3 Å². The normalized spacial score (nSPS) is 11.7. The maximum Gasteiger partial charge on any atom is 0.230 e. The zero-order chi connectivity index (χ0) is 24.3. The number of Topliss-reactive ketones (excluding diaryl/α,β-unsaturated/α-hetero) is 1. The van der Waals surface area contributed by atoms with Gasteiger partial charge in [0.15, 0.2) is 0 Å². The smallest absolute Gasteiger partial charge is 0.230 e. The first-order valence-corrected chi connectivity index (χ1v) is 11.0. The van der Waals surface area contributed by atoms with Crippen LogP contribution in [0.5, 0.6) is 11.6 Å². The fraction of sp³-hybridized carbons (Fsp3) is 0.308. The zero-order valence-corrected chi connectivity index (χ0v) is 19.4. The number of aliphatic hydroxyl groups excluding tert-OH is 2. The molecule has 4 aromatic rings. The van der Waals surface area contributed by atoms with Gasteiger partial charge in [0, 0.05) is 17.9 Å². The Morgan fingerprint density at radius 3 is 2.47 bits per heavy atom. The van der Waals surface area contributed by atoms with Crippen LogP contribution in [-0.4, -0.2) is 31.1 Å². The van der Waals surface area contributed by atoms with E-state index >= 15 is 0 Å². The molecule has 0 aliphatic carbocycles. The van der Waals surface area contributed by atoms with Crippen LogP contribution < -0.4 is 4.74 Å². The highest BCUT2D eigenvalue weighted by molar-refractivity contribution is 5.85. The summed E-state index contributed by atoms with van der Waals surface area (Å²) in [5, 5.41) is 23.8. The van der Waals surface area contributed by atoms with Crippen LogP contribution in [0.3, 0.4) is 0 Å². The number of benzene rings is 2. The number of fused-ring (bicyclic) bond motifs is 1. The van der Waals surface area contributed by atoms with Crippen molar-refractivity contribution in [2.45, 2.75) is 52.2 Å². The van der Waals surface area contributed by atoms with Crippen molar-refractivity contribution in [3.8, 4) is 11.6 Å². The molecular formula is C26H27N3O5. The number of nitrogens with zero attached hydrogens (tertiary/aromatic N) is 3. The van der Waals surface area contributed by atoms with Crippen LogP contribution in [0.4, 0.5) is 0 Å². The van der Waals surface area contributed by atoms with Gasteiger partial charge in [0.1, 0.15) is 23.6 Å². The van der Waals surface area contributed by atoms with Crippen molar-refractivity contribution in [1.82, 2.24) is 15.1 Å². The lowest BCUT2D eigenvalue weighted by molar-refractivity contribution is -0.117. The Morgan fingerprint density at radius 2 is 1.76 bits per heavy atom. The van der Waals surface area contributed by atoms with Gasteiger partial charge >= 0.3 is 0 Å². The second kappa shape index (κ2) is 9.70. The van der Waals surface area contributed by atoms with Gasteiger partial charge in [-0.1, -0.05) is 38.1 Å². The zero-order valence-electron chi connectivity index (χ0n) is 19.4. The molecule has 2 aromatic carbocycles. The first-order valence-electron chi connectivity index (χ1n) is 11.0. The summed E-state index contributed by atoms with van der Waals surface area (Å²) in [6.07, 6.45) is 1.81. The lowest BCUT2D eigenvalue weighted by atomic mass is 9.93. The summed E-state index contributed by atoms with van der Waals surface area (Å²) in [6, 6.07) is 12.5. The highest BCUT2D eigenvalue weighted by atomic mass is 16.5. The molecule has 0 unspecified atom stereocenters. The molecule has 0 spiro atoms. The standard InChI is InChI=1S/C26H27N3O5/c1-26(2,3)24-12-19(29-34-24)11-20(32)7-16-5-4-6-21(8-16)33-25-22-9-17(13-30)18(14-31)10-23(22)27-15-28-25/h4-6,8-10,12,15,30-31H,7,11,13-14H2,1-3H3. The molecule has 0 aliphatic heterocycles. The van der Waals surface area contributed by atoms with Gasteiger partial charge in [0.2, 0.25) is 5.88 Å². The van der Waals surface area contributed by atoms with E-state index < -0.39 is 0 Å². The van der Waals surface area contributed by atoms with Crippen molar-refractivity contribution in [2.24, 2.45) is 0 Å². The predicted octanol–water partition coefficient (Wildman–Crippen LogP) is 4.05. The Labute approximate surface area is 197 Å². The molecule has 4 rings (SSSR count). The first-order chi connectivity index (χ1) is 16.3. The maximum atomic E-state index is 12.6. The van der Waals surface area contributed by atoms with Gasteiger partial charge in [-0.2, -0.15) is 0 Å². The van der Waals surface area contributed by atoms with Gasteiger partial charge in [0.25, 0.3) is 0 Å². The summed E-state index contributed by atoms with van der Waals surface area (Å²) in [6.45, 7) is 5.67. The van der Waals surface area contributed by atoms with E-state index in [-0.39, 0.29) is 37.3 Å². The van der Waals surface area contributed by atoms with Gasteiger partial charge < -0.3 is 19.5 Å². The van der Waals surface area contributed by atoms with Gasteiger partial charge in [-0.25, -0.2) is 9.97 Å². The lowest BCUT2D eigenvalue weighted by Crippen LogP contribution is -2.09. The van der Waals surface area contributed by atoms with Crippen LogP contribution >= 0.6 is 0 Å². The van der Waals surface area contributed by atoms with E-state index in [0.717, 1.165) is 11.3 Å². The second-order valence-corrected chi connectivity index (χ2v) is 9.21. The van der Waals surface area contributed by atoms with Crippen molar-refractivity contribution >= 4 is 16.7 Å². The Kier molecular flexibility index (Phi) is 6.72. The Hall–Kier alpha value is -3.62. The molecule has 0 fully saturated rings. The summed E-state index contributed by atoms with van der Waals surface area (Å²) in [5.74, 6) is 1.62. The fourth-order valence-electron chi connectivity index (χ4n) is 3.61. The van der Waals surface area contributed by atoms with Crippen molar-refractivity contribution in [3.05, 3.63) is 76.9 Å². The van der Waals surface area contributed by atoms with E-state index in [1.54, 1.807) is 24.3 Å². The van der Waals surface area contributed by atoms with Gasteiger partial charge in [-0.05, 0) is 41.0 Å². The van der Waals surface area contributed by atoms with E-state index in [1.807, 2.05) is 39.0 Å². The predicted molar refractivity (Wildman–Crippen MR) is 126 cm³/mol. The number of ketones is 1. The quantitative estimate of drug-likeness (QED) is 0.403. The highest BCUT2D eigenvalue weighted by Gasteiger charge is 2.20. The van der Waals surface area contributed by atoms with Gasteiger partial charge in [-0.15, -0.1) is 0 Å². The SMILES string of the molecule is CC(C)(C)c1cc(CC(=O)Cc2cccc(Oc3ncnc4cc(CO)c(CO)cc34)c2)no1. The van der Waals surface area contributed by atoms with E-state index in [4.69, 9.17) is 9.26 Å². The van der Waals surface area contributed by atoms with E-state index in [2.05, 4.69) is 15.1 Å². The number of aromatic nitrogens is 3. The van der Waals surface area contributed by atoms with Crippen LogP contribution in [0, 0.1) is 0 Å². The summed E-state index contributed by atoms with van der Waals surface area (Å²) in [4.78, 5) is 21.1. The molecule has 0 atom stereocenters. The molecule has 2 aromatic heterocycles. The average Bonchev–Trinajstić information content (AvgIpc) is 3.27. The number of ether oxygens (including phenoxy) is 1. The Balaban J connectivity index is 1.50. The molecule has 2 N–H and O–H groups in total. The van der Waals surface area contributed by atoms with Crippen LogP contribution in [0.25, 0.3) is 10.9 Å². The molecule has 34 heavy (non-hydrogen) atoms. The molecule has 0 bridgehead atoms. The third-order valence-corrected chi connectivity index (χ3v) is 5.45. The van der Waals surface area contributed by atoms with Crippen LogP contribution in [0.1, 0.15) is 48.9 Å². The maximum absolute atomic E-state index is 12.6.